The molecule has 94 valence electrons. The van der Waals surface area contributed by atoms with Crippen LogP contribution in [0.3, 0.4) is 0 Å². The molecule has 0 bridgehead atoms. The van der Waals surface area contributed by atoms with E-state index in [4.69, 9.17) is 0 Å². The van der Waals surface area contributed by atoms with E-state index in [0.29, 0.717) is 4.47 Å². The van der Waals surface area contributed by atoms with Gasteiger partial charge in [0.25, 0.3) is 0 Å². The normalized spacial score (nSPS) is 12.5. The molecule has 0 spiro atoms. The predicted octanol–water partition coefficient (Wildman–Crippen LogP) is 5.52. The molecule has 0 aliphatic rings. The number of alkyl halides is 1. The van der Waals surface area contributed by atoms with E-state index in [1.165, 1.54) is 12.1 Å². The van der Waals surface area contributed by atoms with Gasteiger partial charge < -0.3 is 0 Å². The second kappa shape index (κ2) is 5.49. The largest absolute Gasteiger partial charge is 0.206 e. The summed E-state index contributed by atoms with van der Waals surface area (Å²) in [4.78, 5) is -0.494. The van der Waals surface area contributed by atoms with Gasteiger partial charge in [0.1, 0.15) is 11.6 Å². The molecule has 0 N–H and O–H groups in total. The first-order valence-electron chi connectivity index (χ1n) is 5.34. The van der Waals surface area contributed by atoms with E-state index in [0.717, 1.165) is 11.1 Å². The summed E-state index contributed by atoms with van der Waals surface area (Å²) in [6.45, 7) is 1.97. The Kier molecular flexibility index (Phi) is 4.17. The average Bonchev–Trinajstić information content (AvgIpc) is 2.28. The maximum absolute atomic E-state index is 13.8. The van der Waals surface area contributed by atoms with Crippen LogP contribution in [0.25, 0.3) is 0 Å². The summed E-state index contributed by atoms with van der Waals surface area (Å²) in [5, 5.41) is 0. The van der Waals surface area contributed by atoms with Crippen molar-refractivity contribution in [2.45, 2.75) is 11.8 Å². The van der Waals surface area contributed by atoms with Crippen molar-refractivity contribution in [3.63, 3.8) is 0 Å². The predicted molar refractivity (Wildman–Crippen MR) is 76.0 cm³/mol. The monoisotopic (exact) mass is 374 g/mol. The molecule has 0 saturated carbocycles. The Morgan fingerprint density at radius 2 is 1.50 bits per heavy atom. The minimum atomic E-state index is -0.565. The van der Waals surface area contributed by atoms with E-state index in [1.54, 1.807) is 0 Å². The first kappa shape index (κ1) is 13.7. The SMILES string of the molecule is Cc1ccc(C(Br)c2c(F)cc(Br)cc2F)cc1. The van der Waals surface area contributed by atoms with Crippen LogP contribution < -0.4 is 0 Å². The van der Waals surface area contributed by atoms with Crippen LogP contribution in [0, 0.1) is 18.6 Å². The van der Waals surface area contributed by atoms with Crippen molar-refractivity contribution in [2.24, 2.45) is 0 Å². The van der Waals surface area contributed by atoms with Gasteiger partial charge in [0.15, 0.2) is 0 Å². The maximum atomic E-state index is 13.8. The summed E-state index contributed by atoms with van der Waals surface area (Å²) in [6, 6.07) is 10.1. The van der Waals surface area contributed by atoms with E-state index < -0.39 is 16.5 Å². The van der Waals surface area contributed by atoms with Crippen LogP contribution in [-0.2, 0) is 0 Å². The van der Waals surface area contributed by atoms with Crippen molar-refractivity contribution in [2.75, 3.05) is 0 Å². The number of hydrogen-bond acceptors (Lipinski definition) is 0. The third kappa shape index (κ3) is 2.81. The Hall–Kier alpha value is -0.740. The van der Waals surface area contributed by atoms with Crippen LogP contribution in [0.15, 0.2) is 40.9 Å². The lowest BCUT2D eigenvalue weighted by Gasteiger charge is -2.13. The van der Waals surface area contributed by atoms with Crippen molar-refractivity contribution in [1.82, 2.24) is 0 Å². The molecule has 0 fully saturated rings. The van der Waals surface area contributed by atoms with Crippen LogP contribution in [0.5, 0.6) is 0 Å². The molecular weight excluding hydrogens is 366 g/mol. The lowest BCUT2D eigenvalue weighted by molar-refractivity contribution is 0.559. The molecule has 2 aromatic rings. The van der Waals surface area contributed by atoms with E-state index in [-0.39, 0.29) is 5.56 Å². The lowest BCUT2D eigenvalue weighted by Crippen LogP contribution is -2.01. The van der Waals surface area contributed by atoms with Gasteiger partial charge in [-0.25, -0.2) is 8.78 Å². The zero-order chi connectivity index (χ0) is 13.3. The quantitative estimate of drug-likeness (QED) is 0.606. The Morgan fingerprint density at radius 3 is 2.00 bits per heavy atom. The molecule has 4 heteroatoms. The number of hydrogen-bond donors (Lipinski definition) is 0. The Bertz CT molecular complexity index is 542. The number of halogens is 4. The third-order valence-electron chi connectivity index (χ3n) is 2.67. The van der Waals surface area contributed by atoms with Crippen molar-refractivity contribution in [3.05, 3.63) is 69.2 Å². The van der Waals surface area contributed by atoms with E-state index in [2.05, 4.69) is 31.9 Å². The van der Waals surface area contributed by atoms with Gasteiger partial charge in [-0.2, -0.15) is 0 Å². The molecular formula is C14H10Br2F2. The van der Waals surface area contributed by atoms with Gasteiger partial charge in [-0.3, -0.25) is 0 Å². The van der Waals surface area contributed by atoms with Crippen molar-refractivity contribution < 1.29 is 8.78 Å². The molecule has 0 nitrogen and oxygen atoms in total. The van der Waals surface area contributed by atoms with E-state index >= 15 is 0 Å². The molecule has 0 heterocycles. The second-order valence-electron chi connectivity index (χ2n) is 4.06. The second-order valence-corrected chi connectivity index (χ2v) is 5.89. The fourth-order valence-corrected chi connectivity index (χ4v) is 2.84. The fourth-order valence-electron chi connectivity index (χ4n) is 1.70. The van der Waals surface area contributed by atoms with Crippen LogP contribution in [0.4, 0.5) is 8.78 Å². The smallest absolute Gasteiger partial charge is 0.131 e. The molecule has 0 radical (unpaired) electrons. The molecule has 0 aliphatic carbocycles. The van der Waals surface area contributed by atoms with Crippen LogP contribution in [-0.4, -0.2) is 0 Å². The van der Waals surface area contributed by atoms with Gasteiger partial charge in [-0.1, -0.05) is 61.7 Å². The van der Waals surface area contributed by atoms with Gasteiger partial charge in [0, 0.05) is 10.0 Å². The van der Waals surface area contributed by atoms with Crippen molar-refractivity contribution in [1.29, 1.82) is 0 Å². The van der Waals surface area contributed by atoms with Gasteiger partial charge >= 0.3 is 0 Å². The molecule has 0 saturated heterocycles. The molecule has 0 amide bonds. The number of aryl methyl sites for hydroxylation is 1. The molecule has 2 aromatic carbocycles. The van der Waals surface area contributed by atoms with Gasteiger partial charge in [-0.15, -0.1) is 0 Å². The summed E-state index contributed by atoms with van der Waals surface area (Å²) >= 11 is 6.42. The molecule has 0 aromatic heterocycles. The standard InChI is InChI=1S/C14H10Br2F2/c1-8-2-4-9(5-3-8)14(16)13-11(17)6-10(15)7-12(13)18/h2-7,14H,1H3. The van der Waals surface area contributed by atoms with Crippen molar-refractivity contribution in [3.8, 4) is 0 Å². The minimum Gasteiger partial charge on any atom is -0.206 e. The summed E-state index contributed by atoms with van der Waals surface area (Å²) in [5.74, 6) is -1.13. The van der Waals surface area contributed by atoms with Crippen LogP contribution in [0.2, 0.25) is 0 Å². The highest BCUT2D eigenvalue weighted by atomic mass is 79.9. The number of rotatable bonds is 2. The summed E-state index contributed by atoms with van der Waals surface area (Å²) in [7, 11) is 0. The van der Waals surface area contributed by atoms with Gasteiger partial charge in [-0.05, 0) is 24.6 Å². The molecule has 1 unspecified atom stereocenters. The van der Waals surface area contributed by atoms with Gasteiger partial charge in [0.05, 0.1) is 4.83 Å². The van der Waals surface area contributed by atoms with E-state index in [1.807, 2.05) is 31.2 Å². The number of benzene rings is 2. The zero-order valence-corrected chi connectivity index (χ0v) is 12.7. The summed E-state index contributed by atoms with van der Waals surface area (Å²) in [6.07, 6.45) is 0. The molecule has 1 atom stereocenters. The summed E-state index contributed by atoms with van der Waals surface area (Å²) in [5.41, 5.74) is 1.96. The van der Waals surface area contributed by atoms with Crippen LogP contribution >= 0.6 is 31.9 Å². The summed E-state index contributed by atoms with van der Waals surface area (Å²) < 4.78 is 28.0. The highest BCUT2D eigenvalue weighted by Crippen LogP contribution is 2.35. The average molecular weight is 376 g/mol. The molecule has 18 heavy (non-hydrogen) atoms. The van der Waals surface area contributed by atoms with Crippen molar-refractivity contribution >= 4 is 31.9 Å². The fraction of sp³-hybridized carbons (Fsp3) is 0.143. The molecule has 2 rings (SSSR count). The highest BCUT2D eigenvalue weighted by molar-refractivity contribution is 9.10. The highest BCUT2D eigenvalue weighted by Gasteiger charge is 2.20. The topological polar surface area (TPSA) is 0 Å². The first-order chi connectivity index (χ1) is 8.49. The molecule has 0 aliphatic heterocycles. The first-order valence-corrected chi connectivity index (χ1v) is 7.05. The zero-order valence-electron chi connectivity index (χ0n) is 9.55. The van der Waals surface area contributed by atoms with Gasteiger partial charge in [0.2, 0.25) is 0 Å². The Balaban J connectivity index is 2.46. The lowest BCUT2D eigenvalue weighted by atomic mass is 10.0. The Morgan fingerprint density at radius 1 is 1.00 bits per heavy atom. The maximum Gasteiger partial charge on any atom is 0.131 e. The minimum absolute atomic E-state index is 0.0297. The Labute approximate surface area is 121 Å². The van der Waals surface area contributed by atoms with Crippen LogP contribution in [0.1, 0.15) is 21.5 Å². The van der Waals surface area contributed by atoms with E-state index in [9.17, 15) is 8.78 Å². The third-order valence-corrected chi connectivity index (χ3v) is 4.11.